The highest BCUT2D eigenvalue weighted by molar-refractivity contribution is 5.83. The maximum Gasteiger partial charge on any atom is 0.139 e. The van der Waals surface area contributed by atoms with Crippen molar-refractivity contribution in [2.75, 3.05) is 13.2 Å². The third-order valence-corrected chi connectivity index (χ3v) is 2.51. The monoisotopic (exact) mass is 181 g/mol. The summed E-state index contributed by atoms with van der Waals surface area (Å²) in [6.45, 7) is 3.21. The van der Waals surface area contributed by atoms with E-state index in [0.29, 0.717) is 19.6 Å². The zero-order chi connectivity index (χ0) is 9.68. The molecule has 0 spiro atoms. The van der Waals surface area contributed by atoms with E-state index >= 15 is 0 Å². The summed E-state index contributed by atoms with van der Waals surface area (Å²) in [5.74, 6) is 0.273. The summed E-state index contributed by atoms with van der Waals surface area (Å²) in [5, 5.41) is 8.46. The molecule has 0 N–H and O–H groups in total. The van der Waals surface area contributed by atoms with Crippen molar-refractivity contribution in [3.8, 4) is 6.07 Å². The van der Waals surface area contributed by atoms with E-state index in [2.05, 4.69) is 0 Å². The van der Waals surface area contributed by atoms with Gasteiger partial charge < -0.3 is 4.74 Å². The number of hydrogen-bond acceptors (Lipinski definition) is 3. The molecular formula is C10H15NO2. The third kappa shape index (κ3) is 2.82. The number of nitriles is 1. The summed E-state index contributed by atoms with van der Waals surface area (Å²) < 4.78 is 5.17. The van der Waals surface area contributed by atoms with Crippen molar-refractivity contribution >= 4 is 5.78 Å². The normalized spacial score (nSPS) is 20.6. The molecule has 1 saturated heterocycles. The predicted molar refractivity (Wildman–Crippen MR) is 47.9 cm³/mol. The Morgan fingerprint density at radius 1 is 1.62 bits per heavy atom. The Morgan fingerprint density at radius 2 is 2.23 bits per heavy atom. The van der Waals surface area contributed by atoms with Gasteiger partial charge in [-0.25, -0.2) is 0 Å². The lowest BCUT2D eigenvalue weighted by atomic mass is 9.87. The molecule has 13 heavy (non-hydrogen) atoms. The molecule has 0 aromatic rings. The number of carbonyl (C=O) groups is 1. The van der Waals surface area contributed by atoms with Gasteiger partial charge in [0.15, 0.2) is 0 Å². The zero-order valence-electron chi connectivity index (χ0n) is 7.95. The van der Waals surface area contributed by atoms with Gasteiger partial charge in [0.2, 0.25) is 0 Å². The molecule has 1 rings (SSSR count). The van der Waals surface area contributed by atoms with Crippen LogP contribution in [0.15, 0.2) is 0 Å². The quantitative estimate of drug-likeness (QED) is 0.663. The molecule has 1 unspecified atom stereocenters. The summed E-state index contributed by atoms with van der Waals surface area (Å²) in [7, 11) is 0. The van der Waals surface area contributed by atoms with Crippen molar-refractivity contribution in [2.45, 2.75) is 26.2 Å². The standard InChI is InChI=1S/C10H15NO2/c1-8(2-5-11)10(12)9-3-6-13-7-4-9/h8-9H,2-4,6-7H2,1H3. The van der Waals surface area contributed by atoms with E-state index in [4.69, 9.17) is 10.00 Å². The van der Waals surface area contributed by atoms with Crippen LogP contribution in [0.5, 0.6) is 0 Å². The highest BCUT2D eigenvalue weighted by Crippen LogP contribution is 2.20. The highest BCUT2D eigenvalue weighted by atomic mass is 16.5. The van der Waals surface area contributed by atoms with Gasteiger partial charge in [-0.2, -0.15) is 5.26 Å². The van der Waals surface area contributed by atoms with E-state index in [0.717, 1.165) is 12.8 Å². The lowest BCUT2D eigenvalue weighted by Gasteiger charge is -2.22. The van der Waals surface area contributed by atoms with E-state index in [1.54, 1.807) is 0 Å². The molecular weight excluding hydrogens is 166 g/mol. The van der Waals surface area contributed by atoms with Crippen molar-refractivity contribution in [3.05, 3.63) is 0 Å². The number of hydrogen-bond donors (Lipinski definition) is 0. The maximum atomic E-state index is 11.7. The molecule has 3 heteroatoms. The maximum absolute atomic E-state index is 11.7. The molecule has 3 nitrogen and oxygen atoms in total. The first kappa shape index (κ1) is 10.2. The summed E-state index contributed by atoms with van der Waals surface area (Å²) in [6.07, 6.45) is 2.00. The Kier molecular flexibility index (Phi) is 3.91. The van der Waals surface area contributed by atoms with Crippen molar-refractivity contribution < 1.29 is 9.53 Å². The van der Waals surface area contributed by atoms with Gasteiger partial charge in [0.1, 0.15) is 5.78 Å². The van der Waals surface area contributed by atoms with E-state index in [1.165, 1.54) is 0 Å². The van der Waals surface area contributed by atoms with Crippen LogP contribution in [0.3, 0.4) is 0 Å². The van der Waals surface area contributed by atoms with E-state index in [-0.39, 0.29) is 17.6 Å². The van der Waals surface area contributed by atoms with Crippen LogP contribution in [0.25, 0.3) is 0 Å². The van der Waals surface area contributed by atoms with Gasteiger partial charge in [0.05, 0.1) is 6.07 Å². The second-order valence-electron chi connectivity index (χ2n) is 3.55. The van der Waals surface area contributed by atoms with Gasteiger partial charge in [-0.15, -0.1) is 0 Å². The minimum absolute atomic E-state index is 0.104. The van der Waals surface area contributed by atoms with Crippen LogP contribution in [-0.4, -0.2) is 19.0 Å². The molecule has 0 amide bonds. The van der Waals surface area contributed by atoms with Crippen LogP contribution in [0.1, 0.15) is 26.2 Å². The first-order valence-electron chi connectivity index (χ1n) is 4.74. The Balaban J connectivity index is 2.41. The molecule has 0 aliphatic carbocycles. The SMILES string of the molecule is CC(CC#N)C(=O)C1CCOCC1. The van der Waals surface area contributed by atoms with Crippen LogP contribution in [0.4, 0.5) is 0 Å². The third-order valence-electron chi connectivity index (χ3n) is 2.51. The average molecular weight is 181 g/mol. The van der Waals surface area contributed by atoms with Gasteiger partial charge in [-0.3, -0.25) is 4.79 Å². The molecule has 0 aromatic heterocycles. The van der Waals surface area contributed by atoms with Gasteiger partial charge in [0, 0.05) is 31.5 Å². The molecule has 0 bridgehead atoms. The highest BCUT2D eigenvalue weighted by Gasteiger charge is 2.25. The lowest BCUT2D eigenvalue weighted by molar-refractivity contribution is -0.129. The fourth-order valence-corrected chi connectivity index (χ4v) is 1.62. The van der Waals surface area contributed by atoms with Gasteiger partial charge >= 0.3 is 0 Å². The minimum atomic E-state index is -0.104. The first-order valence-corrected chi connectivity index (χ1v) is 4.74. The molecule has 0 saturated carbocycles. The second-order valence-corrected chi connectivity index (χ2v) is 3.55. The summed E-state index contributed by atoms with van der Waals surface area (Å²) in [5.41, 5.74) is 0. The number of ketones is 1. The molecule has 72 valence electrons. The van der Waals surface area contributed by atoms with Crippen LogP contribution in [0, 0.1) is 23.2 Å². The first-order chi connectivity index (χ1) is 6.25. The van der Waals surface area contributed by atoms with Crippen molar-refractivity contribution in [3.63, 3.8) is 0 Å². The molecule has 1 atom stereocenters. The molecule has 0 aromatic carbocycles. The number of rotatable bonds is 3. The Bertz CT molecular complexity index is 213. The fraction of sp³-hybridized carbons (Fsp3) is 0.800. The summed E-state index contributed by atoms with van der Waals surface area (Å²) >= 11 is 0. The Morgan fingerprint density at radius 3 is 2.77 bits per heavy atom. The number of ether oxygens (including phenoxy) is 1. The zero-order valence-corrected chi connectivity index (χ0v) is 7.95. The Labute approximate surface area is 78.7 Å². The summed E-state index contributed by atoms with van der Waals surface area (Å²) in [4.78, 5) is 11.7. The number of carbonyl (C=O) groups excluding carboxylic acids is 1. The second kappa shape index (κ2) is 4.98. The van der Waals surface area contributed by atoms with E-state index < -0.39 is 0 Å². The van der Waals surface area contributed by atoms with Gasteiger partial charge in [0.25, 0.3) is 0 Å². The van der Waals surface area contributed by atoms with Crippen molar-refractivity contribution in [2.24, 2.45) is 11.8 Å². The number of nitrogens with zero attached hydrogens (tertiary/aromatic N) is 1. The topological polar surface area (TPSA) is 50.1 Å². The van der Waals surface area contributed by atoms with Gasteiger partial charge in [-0.1, -0.05) is 6.92 Å². The fourth-order valence-electron chi connectivity index (χ4n) is 1.62. The summed E-state index contributed by atoms with van der Waals surface area (Å²) in [6, 6.07) is 2.04. The number of Topliss-reactive ketones (excluding diaryl/α,β-unsaturated/α-hetero) is 1. The average Bonchev–Trinajstić information content (AvgIpc) is 2.18. The van der Waals surface area contributed by atoms with E-state index in [9.17, 15) is 4.79 Å². The molecule has 1 fully saturated rings. The molecule has 1 aliphatic rings. The van der Waals surface area contributed by atoms with Gasteiger partial charge in [-0.05, 0) is 12.8 Å². The van der Waals surface area contributed by atoms with Crippen LogP contribution in [0.2, 0.25) is 0 Å². The predicted octanol–water partition coefficient (Wildman–Crippen LogP) is 1.53. The van der Waals surface area contributed by atoms with Crippen LogP contribution < -0.4 is 0 Å². The molecule has 1 heterocycles. The molecule has 1 aliphatic heterocycles. The lowest BCUT2D eigenvalue weighted by Crippen LogP contribution is -2.27. The molecule has 0 radical (unpaired) electrons. The van der Waals surface area contributed by atoms with Crippen LogP contribution in [-0.2, 0) is 9.53 Å². The minimum Gasteiger partial charge on any atom is -0.381 e. The smallest absolute Gasteiger partial charge is 0.139 e. The van der Waals surface area contributed by atoms with Crippen molar-refractivity contribution in [1.29, 1.82) is 5.26 Å². The van der Waals surface area contributed by atoms with Crippen LogP contribution >= 0.6 is 0 Å². The van der Waals surface area contributed by atoms with E-state index in [1.807, 2.05) is 13.0 Å². The largest absolute Gasteiger partial charge is 0.381 e. The van der Waals surface area contributed by atoms with Crippen molar-refractivity contribution in [1.82, 2.24) is 0 Å². The Hall–Kier alpha value is -0.880.